The molecule has 0 fully saturated rings. The second kappa shape index (κ2) is 7.14. The number of rotatable bonds is 6. The first-order valence-electron chi connectivity index (χ1n) is 5.72. The molecule has 0 saturated heterocycles. The SMILES string of the molecule is CCCC(CCC)C(O)c1cc(Br)sc1Br. The molecule has 0 aromatic carbocycles. The normalized spacial score (nSPS) is 13.4. The molecule has 1 atom stereocenters. The predicted molar refractivity (Wildman–Crippen MR) is 78.0 cm³/mol. The maximum atomic E-state index is 10.4. The van der Waals surface area contributed by atoms with Crippen molar-refractivity contribution in [2.45, 2.75) is 45.6 Å². The van der Waals surface area contributed by atoms with Gasteiger partial charge < -0.3 is 5.11 Å². The molecular weight excluding hydrogens is 352 g/mol. The van der Waals surface area contributed by atoms with E-state index in [2.05, 4.69) is 45.7 Å². The summed E-state index contributed by atoms with van der Waals surface area (Å²) >= 11 is 8.60. The van der Waals surface area contributed by atoms with Crippen LogP contribution in [0.5, 0.6) is 0 Å². The van der Waals surface area contributed by atoms with Gasteiger partial charge in [0, 0.05) is 5.56 Å². The van der Waals surface area contributed by atoms with Gasteiger partial charge in [0.1, 0.15) is 0 Å². The number of aliphatic hydroxyl groups is 1. The van der Waals surface area contributed by atoms with Gasteiger partial charge in [-0.2, -0.15) is 0 Å². The quantitative estimate of drug-likeness (QED) is 0.699. The van der Waals surface area contributed by atoms with Crippen LogP contribution in [0.25, 0.3) is 0 Å². The fourth-order valence-electron chi connectivity index (χ4n) is 2.01. The van der Waals surface area contributed by atoms with E-state index in [1.165, 1.54) is 0 Å². The molecule has 16 heavy (non-hydrogen) atoms. The number of aliphatic hydroxyl groups excluding tert-OH is 1. The van der Waals surface area contributed by atoms with Crippen molar-refractivity contribution in [3.8, 4) is 0 Å². The maximum absolute atomic E-state index is 10.4. The van der Waals surface area contributed by atoms with Crippen molar-refractivity contribution in [3.63, 3.8) is 0 Å². The van der Waals surface area contributed by atoms with Crippen molar-refractivity contribution in [1.82, 2.24) is 0 Å². The third-order valence-corrected chi connectivity index (χ3v) is 5.15. The molecular formula is C12H18Br2OS. The van der Waals surface area contributed by atoms with Crippen LogP contribution in [-0.2, 0) is 0 Å². The highest BCUT2D eigenvalue weighted by molar-refractivity contribution is 9.12. The zero-order chi connectivity index (χ0) is 12.1. The van der Waals surface area contributed by atoms with E-state index in [1.54, 1.807) is 11.3 Å². The number of halogens is 2. The Balaban J connectivity index is 2.80. The van der Waals surface area contributed by atoms with Crippen molar-refractivity contribution in [3.05, 3.63) is 19.2 Å². The molecule has 1 heterocycles. The summed E-state index contributed by atoms with van der Waals surface area (Å²) in [4.78, 5) is 0. The minimum Gasteiger partial charge on any atom is -0.388 e. The molecule has 0 saturated carbocycles. The van der Waals surface area contributed by atoms with Crippen LogP contribution >= 0.6 is 43.2 Å². The van der Waals surface area contributed by atoms with E-state index in [9.17, 15) is 5.11 Å². The van der Waals surface area contributed by atoms with Crippen LogP contribution in [0.1, 0.15) is 51.2 Å². The molecule has 1 aromatic rings. The molecule has 1 N–H and O–H groups in total. The Morgan fingerprint density at radius 3 is 2.19 bits per heavy atom. The van der Waals surface area contributed by atoms with E-state index in [0.717, 1.165) is 38.8 Å². The van der Waals surface area contributed by atoms with Crippen LogP contribution < -0.4 is 0 Å². The van der Waals surface area contributed by atoms with E-state index in [1.807, 2.05) is 6.07 Å². The lowest BCUT2D eigenvalue weighted by atomic mass is 9.89. The fourth-order valence-corrected chi connectivity index (χ4v) is 4.92. The average Bonchev–Trinajstić information content (AvgIpc) is 2.56. The van der Waals surface area contributed by atoms with Crippen LogP contribution in [0.2, 0.25) is 0 Å². The Kier molecular flexibility index (Phi) is 6.55. The van der Waals surface area contributed by atoms with Gasteiger partial charge >= 0.3 is 0 Å². The summed E-state index contributed by atoms with van der Waals surface area (Å²) in [6, 6.07) is 2.03. The minimum absolute atomic E-state index is 0.336. The maximum Gasteiger partial charge on any atom is 0.0837 e. The molecule has 0 amide bonds. The van der Waals surface area contributed by atoms with Gasteiger partial charge in [0.15, 0.2) is 0 Å². The van der Waals surface area contributed by atoms with Crippen molar-refractivity contribution < 1.29 is 5.11 Å². The summed E-state index contributed by atoms with van der Waals surface area (Å²) in [6.07, 6.45) is 4.11. The number of hydrogen-bond donors (Lipinski definition) is 1. The van der Waals surface area contributed by atoms with E-state index < -0.39 is 0 Å². The number of thiophene rings is 1. The molecule has 1 unspecified atom stereocenters. The van der Waals surface area contributed by atoms with E-state index in [4.69, 9.17) is 0 Å². The topological polar surface area (TPSA) is 20.2 Å². The Labute approximate surface area is 119 Å². The monoisotopic (exact) mass is 368 g/mol. The van der Waals surface area contributed by atoms with Gasteiger partial charge in [0.05, 0.1) is 13.7 Å². The fraction of sp³-hybridized carbons (Fsp3) is 0.667. The highest BCUT2D eigenvalue weighted by Crippen LogP contribution is 2.40. The molecule has 0 aliphatic heterocycles. The second-order valence-electron chi connectivity index (χ2n) is 4.06. The van der Waals surface area contributed by atoms with Crippen LogP contribution in [0.15, 0.2) is 13.6 Å². The smallest absolute Gasteiger partial charge is 0.0837 e. The first-order valence-corrected chi connectivity index (χ1v) is 8.13. The van der Waals surface area contributed by atoms with Crippen LogP contribution in [0.3, 0.4) is 0 Å². The number of hydrogen-bond acceptors (Lipinski definition) is 2. The van der Waals surface area contributed by atoms with Gasteiger partial charge in [-0.25, -0.2) is 0 Å². The van der Waals surface area contributed by atoms with E-state index in [0.29, 0.717) is 5.92 Å². The van der Waals surface area contributed by atoms with E-state index >= 15 is 0 Å². The van der Waals surface area contributed by atoms with Crippen LogP contribution in [0, 0.1) is 5.92 Å². The average molecular weight is 370 g/mol. The van der Waals surface area contributed by atoms with Gasteiger partial charge in [-0.3, -0.25) is 0 Å². The molecule has 1 nitrogen and oxygen atoms in total. The van der Waals surface area contributed by atoms with Gasteiger partial charge in [0.25, 0.3) is 0 Å². The van der Waals surface area contributed by atoms with Crippen molar-refractivity contribution in [2.24, 2.45) is 5.92 Å². The Hall–Kier alpha value is 0.620. The van der Waals surface area contributed by atoms with Gasteiger partial charge in [-0.15, -0.1) is 11.3 Å². The molecule has 0 radical (unpaired) electrons. The minimum atomic E-state index is -0.336. The third-order valence-electron chi connectivity index (χ3n) is 2.77. The third kappa shape index (κ3) is 3.83. The van der Waals surface area contributed by atoms with E-state index in [-0.39, 0.29) is 6.10 Å². The summed E-state index contributed by atoms with van der Waals surface area (Å²) in [5.74, 6) is 0.382. The van der Waals surface area contributed by atoms with Crippen LogP contribution in [0.4, 0.5) is 0 Å². The van der Waals surface area contributed by atoms with Gasteiger partial charge in [-0.05, 0) is 56.7 Å². The first kappa shape index (κ1) is 14.7. The molecule has 0 bridgehead atoms. The summed E-state index contributed by atoms with van der Waals surface area (Å²) in [5.41, 5.74) is 1.03. The molecule has 0 aliphatic carbocycles. The molecule has 0 aliphatic rings. The molecule has 1 rings (SSSR count). The second-order valence-corrected chi connectivity index (χ2v) is 7.81. The highest BCUT2D eigenvalue weighted by Gasteiger charge is 2.22. The molecule has 1 aromatic heterocycles. The zero-order valence-electron chi connectivity index (χ0n) is 9.67. The lowest BCUT2D eigenvalue weighted by molar-refractivity contribution is 0.0962. The first-order chi connectivity index (χ1) is 7.60. The highest BCUT2D eigenvalue weighted by atomic mass is 79.9. The van der Waals surface area contributed by atoms with Crippen molar-refractivity contribution in [2.75, 3.05) is 0 Å². The Morgan fingerprint density at radius 2 is 1.81 bits per heavy atom. The zero-order valence-corrected chi connectivity index (χ0v) is 13.7. The summed E-state index contributed by atoms with van der Waals surface area (Å²) in [7, 11) is 0. The van der Waals surface area contributed by atoms with Gasteiger partial charge in [0.2, 0.25) is 0 Å². The van der Waals surface area contributed by atoms with Crippen molar-refractivity contribution >= 4 is 43.2 Å². The summed E-state index contributed by atoms with van der Waals surface area (Å²) < 4.78 is 2.12. The predicted octanol–water partition coefficient (Wildman–Crippen LogP) is 5.52. The molecule has 4 heteroatoms. The lowest BCUT2D eigenvalue weighted by Gasteiger charge is -2.21. The summed E-state index contributed by atoms with van der Waals surface area (Å²) in [6.45, 7) is 4.35. The standard InChI is InChI=1S/C12H18Br2OS/c1-3-5-8(6-4-2)11(15)9-7-10(13)16-12(9)14/h7-8,11,15H,3-6H2,1-2H3. The Bertz CT molecular complexity index is 319. The van der Waals surface area contributed by atoms with Crippen LogP contribution in [-0.4, -0.2) is 5.11 Å². The molecule has 0 spiro atoms. The van der Waals surface area contributed by atoms with Gasteiger partial charge in [-0.1, -0.05) is 26.7 Å². The lowest BCUT2D eigenvalue weighted by Crippen LogP contribution is -2.12. The summed E-state index contributed by atoms with van der Waals surface area (Å²) in [5, 5.41) is 10.4. The Morgan fingerprint density at radius 1 is 1.25 bits per heavy atom. The largest absolute Gasteiger partial charge is 0.388 e. The van der Waals surface area contributed by atoms with Crippen molar-refractivity contribution in [1.29, 1.82) is 0 Å². The molecule has 92 valence electrons.